The molecule has 2 aromatic carbocycles. The molecule has 3 aromatic rings. The van der Waals surface area contributed by atoms with Crippen molar-refractivity contribution in [2.75, 3.05) is 12.4 Å². The van der Waals surface area contributed by atoms with Gasteiger partial charge in [0.05, 0.1) is 28.4 Å². The van der Waals surface area contributed by atoms with Crippen molar-refractivity contribution in [3.8, 4) is 17.4 Å². The first kappa shape index (κ1) is 22.2. The van der Waals surface area contributed by atoms with Crippen molar-refractivity contribution in [2.45, 2.75) is 6.92 Å². The molecule has 156 valence electrons. The molecular formula is C23H16Cl2N2O4. The van der Waals surface area contributed by atoms with Crippen LogP contribution < -0.4 is 5.32 Å². The lowest BCUT2D eigenvalue weighted by Crippen LogP contribution is -2.13. The van der Waals surface area contributed by atoms with E-state index in [1.54, 1.807) is 48.5 Å². The number of anilines is 1. The summed E-state index contributed by atoms with van der Waals surface area (Å²) in [5.41, 5.74) is 2.12. The summed E-state index contributed by atoms with van der Waals surface area (Å²) in [7, 11) is 1.32. The van der Waals surface area contributed by atoms with Crippen LogP contribution in [0.25, 0.3) is 17.4 Å². The minimum absolute atomic E-state index is 0.172. The van der Waals surface area contributed by atoms with Crippen LogP contribution in [0.5, 0.6) is 0 Å². The Balaban J connectivity index is 1.84. The van der Waals surface area contributed by atoms with Gasteiger partial charge in [0.25, 0.3) is 5.91 Å². The molecular weight excluding hydrogens is 439 g/mol. The van der Waals surface area contributed by atoms with Crippen LogP contribution in [-0.4, -0.2) is 19.0 Å². The van der Waals surface area contributed by atoms with Crippen molar-refractivity contribution in [1.29, 1.82) is 5.26 Å². The van der Waals surface area contributed by atoms with Crippen molar-refractivity contribution >= 4 is 46.8 Å². The summed E-state index contributed by atoms with van der Waals surface area (Å²) >= 11 is 12.0. The number of carbonyl (C=O) groups is 2. The molecule has 0 saturated carbocycles. The zero-order valence-corrected chi connectivity index (χ0v) is 18.0. The lowest BCUT2D eigenvalue weighted by atomic mass is 10.0. The first-order valence-corrected chi connectivity index (χ1v) is 9.76. The van der Waals surface area contributed by atoms with Gasteiger partial charge in [-0.05, 0) is 48.9 Å². The summed E-state index contributed by atoms with van der Waals surface area (Å²) in [5, 5.41) is 12.4. The van der Waals surface area contributed by atoms with Crippen molar-refractivity contribution in [3.05, 3.63) is 81.0 Å². The molecule has 6 nitrogen and oxygen atoms in total. The Labute approximate surface area is 188 Å². The number of aryl methyl sites for hydroxylation is 1. The van der Waals surface area contributed by atoms with E-state index >= 15 is 0 Å². The third kappa shape index (κ3) is 4.97. The molecule has 1 heterocycles. The van der Waals surface area contributed by atoms with E-state index in [0.29, 0.717) is 22.8 Å². The Morgan fingerprint density at radius 2 is 1.94 bits per heavy atom. The molecule has 1 aromatic heterocycles. The average Bonchev–Trinajstić information content (AvgIpc) is 3.22. The van der Waals surface area contributed by atoms with Crippen LogP contribution in [-0.2, 0) is 9.53 Å². The maximum absolute atomic E-state index is 12.5. The van der Waals surface area contributed by atoms with Gasteiger partial charge in [0.2, 0.25) is 0 Å². The molecule has 8 heteroatoms. The normalized spacial score (nSPS) is 11.0. The highest BCUT2D eigenvalue weighted by Gasteiger charge is 2.15. The average molecular weight is 455 g/mol. The first-order valence-electron chi connectivity index (χ1n) is 9.00. The zero-order valence-electron chi connectivity index (χ0n) is 16.5. The van der Waals surface area contributed by atoms with Gasteiger partial charge in [0, 0.05) is 11.6 Å². The van der Waals surface area contributed by atoms with Crippen LogP contribution in [0.3, 0.4) is 0 Å². The lowest BCUT2D eigenvalue weighted by Gasteiger charge is -2.07. The molecule has 0 unspecified atom stereocenters. The second-order valence-electron chi connectivity index (χ2n) is 6.45. The highest BCUT2D eigenvalue weighted by Crippen LogP contribution is 2.30. The van der Waals surface area contributed by atoms with Gasteiger partial charge in [0.15, 0.2) is 0 Å². The Morgan fingerprint density at radius 3 is 2.61 bits per heavy atom. The fourth-order valence-electron chi connectivity index (χ4n) is 2.84. The Hall–Kier alpha value is -3.53. The SMILES string of the molecule is COC(=O)c1ccc(-c2ccc(/C=C(/C#N)C(=O)Nc3cccc(Cl)c3Cl)o2)c(C)c1. The minimum atomic E-state index is -0.650. The molecule has 0 radical (unpaired) electrons. The van der Waals surface area contributed by atoms with E-state index in [1.807, 2.05) is 13.0 Å². The minimum Gasteiger partial charge on any atom is -0.465 e. The number of esters is 1. The third-order valence-electron chi connectivity index (χ3n) is 4.39. The van der Waals surface area contributed by atoms with E-state index in [-0.39, 0.29) is 15.6 Å². The molecule has 0 atom stereocenters. The molecule has 0 fully saturated rings. The fraction of sp³-hybridized carbons (Fsp3) is 0.0870. The van der Waals surface area contributed by atoms with Crippen LogP contribution in [0.15, 0.2) is 58.5 Å². The summed E-state index contributed by atoms with van der Waals surface area (Å²) in [5.74, 6) is -0.239. The van der Waals surface area contributed by atoms with Crippen molar-refractivity contribution in [1.82, 2.24) is 0 Å². The van der Waals surface area contributed by atoms with Crippen LogP contribution in [0.4, 0.5) is 5.69 Å². The van der Waals surface area contributed by atoms with Gasteiger partial charge < -0.3 is 14.5 Å². The highest BCUT2D eigenvalue weighted by atomic mass is 35.5. The maximum atomic E-state index is 12.5. The predicted molar refractivity (Wildman–Crippen MR) is 119 cm³/mol. The van der Waals surface area contributed by atoms with E-state index in [0.717, 1.165) is 11.1 Å². The molecule has 1 amide bonds. The number of furan rings is 1. The number of benzene rings is 2. The standard InChI is InChI=1S/C23H16Cl2N2O4/c1-13-10-14(23(29)30-2)6-8-17(13)20-9-7-16(31-20)11-15(12-26)22(28)27-19-5-3-4-18(24)21(19)25/h3-11H,1-2H3,(H,27,28)/b15-11-. The number of halogens is 2. The quantitative estimate of drug-likeness (QED) is 0.294. The van der Waals surface area contributed by atoms with Crippen LogP contribution in [0, 0.1) is 18.3 Å². The van der Waals surface area contributed by atoms with E-state index < -0.39 is 11.9 Å². The molecule has 0 aliphatic rings. The van der Waals surface area contributed by atoms with Crippen LogP contribution in [0.2, 0.25) is 10.0 Å². The molecule has 0 aliphatic heterocycles. The van der Waals surface area contributed by atoms with Gasteiger partial charge in [-0.1, -0.05) is 35.3 Å². The molecule has 3 rings (SSSR count). The summed E-state index contributed by atoms with van der Waals surface area (Å²) in [6, 6.07) is 15.1. The van der Waals surface area contributed by atoms with Crippen molar-refractivity contribution < 1.29 is 18.7 Å². The Morgan fingerprint density at radius 1 is 1.16 bits per heavy atom. The Bertz CT molecular complexity index is 1240. The number of rotatable bonds is 5. The van der Waals surface area contributed by atoms with Gasteiger partial charge in [-0.3, -0.25) is 4.79 Å². The first-order chi connectivity index (χ1) is 14.8. The largest absolute Gasteiger partial charge is 0.465 e. The van der Waals surface area contributed by atoms with E-state index in [9.17, 15) is 14.9 Å². The summed E-state index contributed by atoms with van der Waals surface area (Å²) in [6.07, 6.45) is 1.33. The second kappa shape index (κ2) is 9.52. The molecule has 1 N–H and O–H groups in total. The summed E-state index contributed by atoms with van der Waals surface area (Å²) in [6.45, 7) is 1.84. The highest BCUT2D eigenvalue weighted by molar-refractivity contribution is 6.44. The molecule has 31 heavy (non-hydrogen) atoms. The number of nitrogens with zero attached hydrogens (tertiary/aromatic N) is 1. The number of carbonyl (C=O) groups excluding carboxylic acids is 2. The zero-order chi connectivity index (χ0) is 22.5. The number of nitriles is 1. The van der Waals surface area contributed by atoms with Gasteiger partial charge >= 0.3 is 5.97 Å². The van der Waals surface area contributed by atoms with Crippen molar-refractivity contribution in [3.63, 3.8) is 0 Å². The number of nitrogens with one attached hydrogen (secondary N) is 1. The molecule has 0 aliphatic carbocycles. The summed E-state index contributed by atoms with van der Waals surface area (Å²) in [4.78, 5) is 24.2. The number of hydrogen-bond donors (Lipinski definition) is 1. The van der Waals surface area contributed by atoms with Crippen LogP contribution >= 0.6 is 23.2 Å². The molecule has 0 bridgehead atoms. The fourth-order valence-corrected chi connectivity index (χ4v) is 3.19. The Kier molecular flexibility index (Phi) is 6.81. The number of hydrogen-bond acceptors (Lipinski definition) is 5. The van der Waals surface area contributed by atoms with Crippen LogP contribution in [0.1, 0.15) is 21.7 Å². The van der Waals surface area contributed by atoms with Crippen molar-refractivity contribution in [2.24, 2.45) is 0 Å². The lowest BCUT2D eigenvalue weighted by molar-refractivity contribution is -0.112. The number of amides is 1. The van der Waals surface area contributed by atoms with Gasteiger partial charge in [0.1, 0.15) is 23.2 Å². The molecule has 0 spiro atoms. The topological polar surface area (TPSA) is 92.3 Å². The molecule has 0 saturated heterocycles. The van der Waals surface area contributed by atoms with E-state index in [2.05, 4.69) is 5.32 Å². The smallest absolute Gasteiger partial charge is 0.337 e. The second-order valence-corrected chi connectivity index (χ2v) is 7.23. The summed E-state index contributed by atoms with van der Waals surface area (Å²) < 4.78 is 10.5. The van der Waals surface area contributed by atoms with Gasteiger partial charge in [-0.2, -0.15) is 5.26 Å². The van der Waals surface area contributed by atoms with Gasteiger partial charge in [-0.25, -0.2) is 4.79 Å². The number of methoxy groups -OCH3 is 1. The third-order valence-corrected chi connectivity index (χ3v) is 5.21. The maximum Gasteiger partial charge on any atom is 0.337 e. The number of ether oxygens (including phenoxy) is 1. The van der Waals surface area contributed by atoms with E-state index in [4.69, 9.17) is 32.4 Å². The van der Waals surface area contributed by atoms with E-state index in [1.165, 1.54) is 13.2 Å². The predicted octanol–water partition coefficient (Wildman–Crippen LogP) is 5.89. The van der Waals surface area contributed by atoms with Gasteiger partial charge in [-0.15, -0.1) is 0 Å². The monoisotopic (exact) mass is 454 g/mol.